The molecule has 22 heavy (non-hydrogen) atoms. The molecular weight excluding hydrogens is 308 g/mol. The molecular formula is C13H11ClN6O2. The van der Waals surface area contributed by atoms with Crippen molar-refractivity contribution < 1.29 is 4.79 Å². The average Bonchev–Trinajstić information content (AvgIpc) is 2.92. The number of aromatic nitrogens is 5. The molecule has 0 radical (unpaired) electrons. The highest BCUT2D eigenvalue weighted by Crippen LogP contribution is 2.23. The molecule has 112 valence electrons. The van der Waals surface area contributed by atoms with E-state index in [2.05, 4.69) is 20.6 Å². The summed E-state index contributed by atoms with van der Waals surface area (Å²) in [4.78, 5) is 28.1. The van der Waals surface area contributed by atoms with Crippen LogP contribution in [-0.4, -0.2) is 30.3 Å². The molecule has 0 unspecified atom stereocenters. The number of aryl methyl sites for hydroxylation is 1. The molecule has 3 aromatic rings. The molecule has 0 atom stereocenters. The molecule has 0 saturated heterocycles. The minimum Gasteiger partial charge on any atom is -0.320 e. The highest BCUT2D eigenvalue weighted by Gasteiger charge is 2.18. The number of amides is 1. The molecule has 3 rings (SSSR count). The second-order valence-electron chi connectivity index (χ2n) is 4.65. The molecule has 1 amide bonds. The number of hydrogen-bond donors (Lipinski definition) is 1. The number of carbonyl (C=O) groups is 1. The Morgan fingerprint density at radius 2 is 2.14 bits per heavy atom. The van der Waals surface area contributed by atoms with E-state index < -0.39 is 11.6 Å². The molecule has 1 aromatic carbocycles. The van der Waals surface area contributed by atoms with Crippen LogP contribution >= 0.6 is 11.6 Å². The number of halogens is 1. The molecule has 1 N–H and O–H groups in total. The maximum Gasteiger partial charge on any atom is 0.352 e. The van der Waals surface area contributed by atoms with Gasteiger partial charge in [-0.15, -0.1) is 5.10 Å². The van der Waals surface area contributed by atoms with Crippen LogP contribution in [0.3, 0.4) is 0 Å². The SMILES string of the molecule is Cc1c(Cl)cccc1NC(=O)c1ncn2c(=O)n(C)nnc12. The molecule has 0 aliphatic heterocycles. The maximum atomic E-state index is 12.3. The molecule has 0 spiro atoms. The zero-order chi connectivity index (χ0) is 15.9. The number of rotatable bonds is 2. The van der Waals surface area contributed by atoms with Gasteiger partial charge in [0.05, 0.1) is 0 Å². The topological polar surface area (TPSA) is 94.2 Å². The van der Waals surface area contributed by atoms with Gasteiger partial charge in [0.1, 0.15) is 6.33 Å². The second kappa shape index (κ2) is 5.23. The lowest BCUT2D eigenvalue weighted by atomic mass is 10.2. The number of nitrogens with one attached hydrogen (secondary N) is 1. The normalized spacial score (nSPS) is 10.9. The summed E-state index contributed by atoms with van der Waals surface area (Å²) in [7, 11) is 1.46. The van der Waals surface area contributed by atoms with Gasteiger partial charge in [0.15, 0.2) is 11.3 Å². The first-order valence-corrected chi connectivity index (χ1v) is 6.70. The quantitative estimate of drug-likeness (QED) is 0.761. The van der Waals surface area contributed by atoms with Gasteiger partial charge in [-0.25, -0.2) is 14.2 Å². The summed E-state index contributed by atoms with van der Waals surface area (Å²) in [5.41, 5.74) is 0.985. The van der Waals surface area contributed by atoms with Crippen molar-refractivity contribution in [1.29, 1.82) is 0 Å². The Bertz CT molecular complexity index is 945. The molecule has 2 aromatic heterocycles. The maximum absolute atomic E-state index is 12.3. The highest BCUT2D eigenvalue weighted by molar-refractivity contribution is 6.31. The fraction of sp³-hybridized carbons (Fsp3) is 0.154. The van der Waals surface area contributed by atoms with E-state index in [1.54, 1.807) is 25.1 Å². The molecule has 8 nitrogen and oxygen atoms in total. The van der Waals surface area contributed by atoms with Crippen molar-refractivity contribution in [2.75, 3.05) is 5.32 Å². The van der Waals surface area contributed by atoms with Crippen LogP contribution in [0.15, 0.2) is 29.3 Å². The second-order valence-corrected chi connectivity index (χ2v) is 5.06. The number of hydrogen-bond acceptors (Lipinski definition) is 5. The predicted molar refractivity (Wildman–Crippen MR) is 80.2 cm³/mol. The summed E-state index contributed by atoms with van der Waals surface area (Å²) in [6.45, 7) is 1.79. The Morgan fingerprint density at radius 3 is 2.91 bits per heavy atom. The Kier molecular flexibility index (Phi) is 3.38. The van der Waals surface area contributed by atoms with E-state index in [4.69, 9.17) is 11.6 Å². The number of fused-ring (bicyclic) bond motifs is 1. The first kappa shape index (κ1) is 14.2. The molecule has 0 saturated carbocycles. The van der Waals surface area contributed by atoms with Gasteiger partial charge in [0, 0.05) is 17.8 Å². The zero-order valence-corrected chi connectivity index (χ0v) is 12.5. The van der Waals surface area contributed by atoms with E-state index in [0.717, 1.165) is 14.6 Å². The monoisotopic (exact) mass is 318 g/mol. The molecule has 0 aliphatic carbocycles. The minimum atomic E-state index is -0.490. The zero-order valence-electron chi connectivity index (χ0n) is 11.7. The molecule has 0 fully saturated rings. The number of benzene rings is 1. The number of anilines is 1. The van der Waals surface area contributed by atoms with Crippen molar-refractivity contribution in [2.45, 2.75) is 6.92 Å². The van der Waals surface area contributed by atoms with Crippen LogP contribution in [0.4, 0.5) is 5.69 Å². The third kappa shape index (κ3) is 2.23. The highest BCUT2D eigenvalue weighted by atomic mass is 35.5. The van der Waals surface area contributed by atoms with Crippen molar-refractivity contribution in [3.8, 4) is 0 Å². The van der Waals surface area contributed by atoms with Gasteiger partial charge in [-0.2, -0.15) is 4.68 Å². The minimum absolute atomic E-state index is 0.0181. The summed E-state index contributed by atoms with van der Waals surface area (Å²) >= 11 is 6.02. The fourth-order valence-electron chi connectivity index (χ4n) is 1.97. The predicted octanol–water partition coefficient (Wildman–Crippen LogP) is 1.04. The smallest absolute Gasteiger partial charge is 0.320 e. The number of imidazole rings is 1. The third-order valence-electron chi connectivity index (χ3n) is 3.23. The van der Waals surface area contributed by atoms with E-state index >= 15 is 0 Å². The third-order valence-corrected chi connectivity index (χ3v) is 3.64. The van der Waals surface area contributed by atoms with Crippen LogP contribution < -0.4 is 11.0 Å². The van der Waals surface area contributed by atoms with Gasteiger partial charge >= 0.3 is 5.69 Å². The van der Waals surface area contributed by atoms with Crippen molar-refractivity contribution in [3.05, 3.63) is 51.3 Å². The van der Waals surface area contributed by atoms with E-state index in [9.17, 15) is 9.59 Å². The standard InChI is InChI=1S/C13H11ClN6O2/c1-7-8(14)4-3-5-9(7)16-12(21)10-11-17-18-19(2)13(22)20(11)6-15-10/h3-6H,1-2H3,(H,16,21). The average molecular weight is 319 g/mol. The van der Waals surface area contributed by atoms with Crippen LogP contribution in [0.1, 0.15) is 16.1 Å². The first-order chi connectivity index (χ1) is 10.5. The summed E-state index contributed by atoms with van der Waals surface area (Å²) in [5, 5.41) is 10.7. The van der Waals surface area contributed by atoms with Crippen LogP contribution in [0.2, 0.25) is 5.02 Å². The molecule has 0 bridgehead atoms. The van der Waals surface area contributed by atoms with Crippen LogP contribution in [-0.2, 0) is 7.05 Å². The Morgan fingerprint density at radius 1 is 1.36 bits per heavy atom. The Labute approximate surface area is 129 Å². The van der Waals surface area contributed by atoms with Crippen molar-refractivity contribution >= 4 is 28.8 Å². The van der Waals surface area contributed by atoms with Crippen LogP contribution in [0, 0.1) is 6.92 Å². The van der Waals surface area contributed by atoms with Crippen LogP contribution in [0.5, 0.6) is 0 Å². The first-order valence-electron chi connectivity index (χ1n) is 6.32. The lowest BCUT2D eigenvalue weighted by Crippen LogP contribution is -2.27. The van der Waals surface area contributed by atoms with E-state index in [-0.39, 0.29) is 11.3 Å². The molecule has 2 heterocycles. The van der Waals surface area contributed by atoms with Crippen LogP contribution in [0.25, 0.3) is 5.65 Å². The lowest BCUT2D eigenvalue weighted by Gasteiger charge is -2.08. The molecule has 0 aliphatic rings. The number of nitrogens with zero attached hydrogens (tertiary/aromatic N) is 5. The summed E-state index contributed by atoms with van der Waals surface area (Å²) in [6, 6.07) is 5.18. The summed E-state index contributed by atoms with van der Waals surface area (Å²) < 4.78 is 2.21. The van der Waals surface area contributed by atoms with Gasteiger partial charge < -0.3 is 5.32 Å². The lowest BCUT2D eigenvalue weighted by molar-refractivity contribution is 0.102. The van der Waals surface area contributed by atoms with Crippen molar-refractivity contribution in [3.63, 3.8) is 0 Å². The van der Waals surface area contributed by atoms with E-state index in [1.165, 1.54) is 13.4 Å². The molecule has 9 heteroatoms. The van der Waals surface area contributed by atoms with Gasteiger partial charge in [-0.1, -0.05) is 22.9 Å². The van der Waals surface area contributed by atoms with Gasteiger partial charge in [0.2, 0.25) is 0 Å². The van der Waals surface area contributed by atoms with E-state index in [1.807, 2.05) is 0 Å². The fourth-order valence-corrected chi connectivity index (χ4v) is 2.14. The van der Waals surface area contributed by atoms with E-state index in [0.29, 0.717) is 10.7 Å². The largest absolute Gasteiger partial charge is 0.352 e. The van der Waals surface area contributed by atoms with Crippen molar-refractivity contribution in [2.24, 2.45) is 7.05 Å². The Hall–Kier alpha value is -2.74. The van der Waals surface area contributed by atoms with Gasteiger partial charge in [-0.05, 0) is 24.6 Å². The van der Waals surface area contributed by atoms with Gasteiger partial charge in [-0.3, -0.25) is 4.79 Å². The van der Waals surface area contributed by atoms with Gasteiger partial charge in [0.25, 0.3) is 5.91 Å². The number of carbonyl (C=O) groups excluding carboxylic acids is 1. The summed E-state index contributed by atoms with van der Waals surface area (Å²) in [5.74, 6) is -0.490. The summed E-state index contributed by atoms with van der Waals surface area (Å²) in [6.07, 6.45) is 1.24. The van der Waals surface area contributed by atoms with Crippen molar-refractivity contribution in [1.82, 2.24) is 24.4 Å². The Balaban J connectivity index is 2.01.